The average molecular weight is 321 g/mol. The number of amides is 2. The van der Waals surface area contributed by atoms with Crippen LogP contribution in [0.1, 0.15) is 26.3 Å². The van der Waals surface area contributed by atoms with Gasteiger partial charge in [0.15, 0.2) is 0 Å². The van der Waals surface area contributed by atoms with Crippen LogP contribution in [-0.4, -0.2) is 29.0 Å². The molecule has 3 nitrogen and oxygen atoms in total. The summed E-state index contributed by atoms with van der Waals surface area (Å²) in [5, 5.41) is 0. The van der Waals surface area contributed by atoms with Crippen LogP contribution in [0.4, 0.5) is 0 Å². The molecule has 23 heavy (non-hydrogen) atoms. The van der Waals surface area contributed by atoms with Crippen molar-refractivity contribution in [2.24, 2.45) is 0 Å². The largest absolute Gasteiger partial charge is 0.269 e. The molecule has 2 aromatic carbocycles. The molecule has 2 aromatic rings. The molecule has 1 heterocycles. The molecular formula is C19H15NO2S. The van der Waals surface area contributed by atoms with Crippen LogP contribution >= 0.6 is 11.8 Å². The molecule has 114 valence electrons. The summed E-state index contributed by atoms with van der Waals surface area (Å²) in [6.45, 7) is 0.151. The van der Waals surface area contributed by atoms with Crippen molar-refractivity contribution in [1.82, 2.24) is 4.90 Å². The number of rotatable bonds is 4. The third-order valence-corrected chi connectivity index (χ3v) is 4.41. The Morgan fingerprint density at radius 3 is 2.09 bits per heavy atom. The highest BCUT2D eigenvalue weighted by Gasteiger charge is 2.34. The highest BCUT2D eigenvalue weighted by atomic mass is 32.2. The van der Waals surface area contributed by atoms with Gasteiger partial charge in [0, 0.05) is 5.75 Å². The Morgan fingerprint density at radius 2 is 1.43 bits per heavy atom. The first-order valence-electron chi connectivity index (χ1n) is 7.30. The predicted molar refractivity (Wildman–Crippen MR) is 92.2 cm³/mol. The van der Waals surface area contributed by atoms with Crippen LogP contribution in [0, 0.1) is 11.8 Å². The normalized spacial score (nSPS) is 12.8. The highest BCUT2D eigenvalue weighted by molar-refractivity contribution is 7.98. The minimum absolute atomic E-state index is 0.151. The van der Waals surface area contributed by atoms with E-state index in [-0.39, 0.29) is 18.4 Å². The minimum Gasteiger partial charge on any atom is -0.269 e. The smallest absolute Gasteiger partial charge is 0.262 e. The zero-order valence-electron chi connectivity index (χ0n) is 12.5. The third kappa shape index (κ3) is 3.46. The number of carbonyl (C=O) groups excluding carboxylic acids is 2. The van der Waals surface area contributed by atoms with E-state index in [4.69, 9.17) is 0 Å². The van der Waals surface area contributed by atoms with Crippen molar-refractivity contribution in [3.8, 4) is 11.8 Å². The van der Waals surface area contributed by atoms with Gasteiger partial charge in [-0.05, 0) is 17.7 Å². The second kappa shape index (κ2) is 7.17. The van der Waals surface area contributed by atoms with Crippen molar-refractivity contribution in [2.45, 2.75) is 5.75 Å². The molecule has 0 spiro atoms. The fourth-order valence-electron chi connectivity index (χ4n) is 2.36. The molecule has 0 saturated carbocycles. The van der Waals surface area contributed by atoms with Gasteiger partial charge in [-0.25, -0.2) is 0 Å². The monoisotopic (exact) mass is 321 g/mol. The second-order valence-corrected chi connectivity index (χ2v) is 6.06. The Kier molecular flexibility index (Phi) is 4.80. The maximum Gasteiger partial charge on any atom is 0.262 e. The lowest BCUT2D eigenvalue weighted by atomic mass is 10.1. The van der Waals surface area contributed by atoms with Crippen molar-refractivity contribution in [1.29, 1.82) is 0 Å². The molecule has 1 aliphatic rings. The first kappa shape index (κ1) is 15.4. The molecule has 4 heteroatoms. The van der Waals surface area contributed by atoms with Crippen LogP contribution in [0.2, 0.25) is 0 Å². The zero-order valence-corrected chi connectivity index (χ0v) is 13.3. The van der Waals surface area contributed by atoms with E-state index < -0.39 is 0 Å². The van der Waals surface area contributed by atoms with Gasteiger partial charge in [0.05, 0.1) is 23.4 Å². The van der Waals surface area contributed by atoms with Gasteiger partial charge < -0.3 is 0 Å². The zero-order chi connectivity index (χ0) is 16.1. The summed E-state index contributed by atoms with van der Waals surface area (Å²) in [4.78, 5) is 25.5. The molecule has 0 saturated heterocycles. The quantitative estimate of drug-likeness (QED) is 0.493. The molecule has 2 amide bonds. The summed E-state index contributed by atoms with van der Waals surface area (Å²) in [5.74, 6) is 7.02. The molecule has 0 aromatic heterocycles. The molecular weight excluding hydrogens is 306 g/mol. The number of thioether (sulfide) groups is 1. The average Bonchev–Trinajstić information content (AvgIpc) is 2.84. The fourth-order valence-corrected chi connectivity index (χ4v) is 3.10. The maximum atomic E-state index is 12.1. The van der Waals surface area contributed by atoms with Gasteiger partial charge >= 0.3 is 0 Å². The van der Waals surface area contributed by atoms with Crippen LogP contribution in [0.15, 0.2) is 54.6 Å². The number of imide groups is 1. The maximum absolute atomic E-state index is 12.1. The summed E-state index contributed by atoms with van der Waals surface area (Å²) in [6.07, 6.45) is 0. The first-order chi connectivity index (χ1) is 11.3. The minimum atomic E-state index is -0.253. The van der Waals surface area contributed by atoms with Crippen LogP contribution in [-0.2, 0) is 5.75 Å². The molecule has 1 aliphatic heterocycles. The lowest BCUT2D eigenvalue weighted by Gasteiger charge is -2.08. The van der Waals surface area contributed by atoms with E-state index in [1.165, 1.54) is 10.5 Å². The standard InChI is InChI=1S/C19H15NO2S/c21-18-16-10-4-5-11-17(16)19(22)20(18)12-6-7-13-23-14-15-8-2-1-3-9-15/h1-5,8-11H,12-14H2. The molecule has 0 radical (unpaired) electrons. The fraction of sp³-hybridized carbons (Fsp3) is 0.158. The van der Waals surface area contributed by atoms with Gasteiger partial charge in [0.1, 0.15) is 0 Å². The van der Waals surface area contributed by atoms with Crippen LogP contribution < -0.4 is 0 Å². The van der Waals surface area contributed by atoms with Gasteiger partial charge in [-0.2, -0.15) is 0 Å². The van der Waals surface area contributed by atoms with Gasteiger partial charge in [-0.3, -0.25) is 14.5 Å². The Bertz CT molecular complexity index is 755. The van der Waals surface area contributed by atoms with Gasteiger partial charge in [-0.1, -0.05) is 54.3 Å². The molecule has 0 fully saturated rings. The van der Waals surface area contributed by atoms with Crippen LogP contribution in [0.25, 0.3) is 0 Å². The third-order valence-electron chi connectivity index (χ3n) is 3.53. The van der Waals surface area contributed by atoms with E-state index in [0.29, 0.717) is 16.9 Å². The predicted octanol–water partition coefficient (Wildman–Crippen LogP) is 3.22. The molecule has 0 bridgehead atoms. The van der Waals surface area contributed by atoms with E-state index in [2.05, 4.69) is 24.0 Å². The molecule has 0 N–H and O–H groups in total. The summed E-state index contributed by atoms with van der Waals surface area (Å²) in [7, 11) is 0. The highest BCUT2D eigenvalue weighted by Crippen LogP contribution is 2.21. The topological polar surface area (TPSA) is 37.4 Å². The number of fused-ring (bicyclic) bond motifs is 1. The van der Waals surface area contributed by atoms with E-state index in [1.807, 2.05) is 18.2 Å². The molecule has 0 aliphatic carbocycles. The Balaban J connectivity index is 1.50. The molecule has 0 unspecified atom stereocenters. The van der Waals surface area contributed by atoms with Crippen molar-refractivity contribution < 1.29 is 9.59 Å². The van der Waals surface area contributed by atoms with E-state index in [1.54, 1.807) is 36.0 Å². The van der Waals surface area contributed by atoms with Crippen molar-refractivity contribution in [2.75, 3.05) is 12.3 Å². The summed E-state index contributed by atoms with van der Waals surface area (Å²) in [5.41, 5.74) is 2.20. The Morgan fingerprint density at radius 1 is 0.826 bits per heavy atom. The van der Waals surface area contributed by atoms with Crippen molar-refractivity contribution >= 4 is 23.6 Å². The van der Waals surface area contributed by atoms with Gasteiger partial charge in [-0.15, -0.1) is 11.8 Å². The van der Waals surface area contributed by atoms with Crippen molar-refractivity contribution in [3.05, 3.63) is 71.3 Å². The number of hydrogen-bond acceptors (Lipinski definition) is 3. The van der Waals surface area contributed by atoms with E-state index >= 15 is 0 Å². The lowest BCUT2D eigenvalue weighted by molar-refractivity contribution is 0.0675. The van der Waals surface area contributed by atoms with E-state index in [9.17, 15) is 9.59 Å². The number of nitrogens with zero attached hydrogens (tertiary/aromatic N) is 1. The molecule has 0 atom stereocenters. The Hall–Kier alpha value is -2.51. The second-order valence-electron chi connectivity index (χ2n) is 5.07. The van der Waals surface area contributed by atoms with E-state index in [0.717, 1.165) is 5.75 Å². The Labute approximate surface area is 139 Å². The first-order valence-corrected chi connectivity index (χ1v) is 8.45. The van der Waals surface area contributed by atoms with Gasteiger partial charge in [0.25, 0.3) is 11.8 Å². The van der Waals surface area contributed by atoms with Crippen LogP contribution in [0.3, 0.4) is 0 Å². The summed E-state index contributed by atoms with van der Waals surface area (Å²) >= 11 is 1.72. The van der Waals surface area contributed by atoms with Crippen LogP contribution in [0.5, 0.6) is 0 Å². The molecule has 3 rings (SSSR count). The summed E-state index contributed by atoms with van der Waals surface area (Å²) in [6, 6.07) is 17.1. The SMILES string of the molecule is O=C1c2ccccc2C(=O)N1CC#CCSCc1ccccc1. The van der Waals surface area contributed by atoms with Crippen molar-refractivity contribution in [3.63, 3.8) is 0 Å². The number of benzene rings is 2. The lowest BCUT2D eigenvalue weighted by Crippen LogP contribution is -2.30. The van der Waals surface area contributed by atoms with Gasteiger partial charge in [0.2, 0.25) is 0 Å². The number of carbonyl (C=O) groups is 2. The number of hydrogen-bond donors (Lipinski definition) is 0. The summed E-state index contributed by atoms with van der Waals surface area (Å²) < 4.78 is 0.